The van der Waals surface area contributed by atoms with Crippen molar-refractivity contribution in [3.8, 4) is 0 Å². The third-order valence-electron chi connectivity index (χ3n) is 3.85. The number of rotatable bonds is 4. The first-order chi connectivity index (χ1) is 11.6. The number of carbonyl (C=O) groups excluding carboxylic acids is 1. The Hall–Kier alpha value is -3.03. The molecule has 0 saturated carbocycles. The van der Waals surface area contributed by atoms with Crippen molar-refractivity contribution < 1.29 is 27.9 Å². The second-order valence-corrected chi connectivity index (χ2v) is 5.44. The van der Waals surface area contributed by atoms with Crippen LogP contribution in [0, 0.1) is 6.92 Å². The number of alkyl halides is 3. The summed E-state index contributed by atoms with van der Waals surface area (Å²) in [5, 5.41) is 11.2. The van der Waals surface area contributed by atoms with Crippen molar-refractivity contribution >= 4 is 12.0 Å². The number of hydrogen-bond donors (Lipinski definition) is 3. The number of aryl methyl sites for hydroxylation is 1. The Morgan fingerprint density at radius 2 is 1.64 bits per heavy atom. The number of primary amides is 1. The predicted molar refractivity (Wildman–Crippen MR) is 83.8 cm³/mol. The fraction of sp³-hybridized carbons (Fsp3) is 0.176. The van der Waals surface area contributed by atoms with Crippen LogP contribution in [0.2, 0.25) is 0 Å². The van der Waals surface area contributed by atoms with Gasteiger partial charge in [-0.05, 0) is 29.7 Å². The molecule has 0 bridgehead atoms. The van der Waals surface area contributed by atoms with Gasteiger partial charge < -0.3 is 10.8 Å². The van der Waals surface area contributed by atoms with Crippen LogP contribution < -0.4 is 11.1 Å². The van der Waals surface area contributed by atoms with Gasteiger partial charge in [0.15, 0.2) is 5.54 Å². The van der Waals surface area contributed by atoms with Crippen LogP contribution in [0.25, 0.3) is 0 Å². The standard InChI is InChI=1S/C17H15F3N2O3/c1-10-7-8-12(9-13(10)17(18,19)20)16(14(21)23,22-15(24)25)11-5-3-2-4-6-11/h2-9,22H,1H3,(H2,21,23)(H,24,25). The van der Waals surface area contributed by atoms with Crippen molar-refractivity contribution in [1.29, 1.82) is 0 Å². The molecule has 0 aromatic heterocycles. The average molecular weight is 352 g/mol. The molecule has 0 fully saturated rings. The number of nitrogens with two attached hydrogens (primary N) is 1. The van der Waals surface area contributed by atoms with Gasteiger partial charge in [0.05, 0.1) is 5.56 Å². The van der Waals surface area contributed by atoms with Crippen LogP contribution in [-0.4, -0.2) is 17.1 Å². The highest BCUT2D eigenvalue weighted by molar-refractivity contribution is 5.93. The largest absolute Gasteiger partial charge is 0.465 e. The maximum absolute atomic E-state index is 13.2. The normalized spacial score (nSPS) is 13.8. The smallest absolute Gasteiger partial charge is 0.416 e. The van der Waals surface area contributed by atoms with Crippen molar-refractivity contribution in [1.82, 2.24) is 5.32 Å². The fourth-order valence-corrected chi connectivity index (χ4v) is 2.67. The minimum atomic E-state index is -4.66. The molecule has 4 N–H and O–H groups in total. The highest BCUT2D eigenvalue weighted by Crippen LogP contribution is 2.37. The summed E-state index contributed by atoms with van der Waals surface area (Å²) in [4.78, 5) is 23.5. The lowest BCUT2D eigenvalue weighted by Crippen LogP contribution is -2.55. The second-order valence-electron chi connectivity index (χ2n) is 5.44. The molecular formula is C17H15F3N2O3. The van der Waals surface area contributed by atoms with Gasteiger partial charge in [0.1, 0.15) is 0 Å². The van der Waals surface area contributed by atoms with E-state index < -0.39 is 29.3 Å². The zero-order valence-electron chi connectivity index (χ0n) is 13.1. The molecule has 0 radical (unpaired) electrons. The van der Waals surface area contributed by atoms with Crippen LogP contribution >= 0.6 is 0 Å². The molecule has 0 saturated heterocycles. The number of carbonyl (C=O) groups is 2. The van der Waals surface area contributed by atoms with Crippen LogP contribution in [-0.2, 0) is 16.5 Å². The molecule has 8 heteroatoms. The molecule has 0 heterocycles. The molecule has 0 spiro atoms. The Morgan fingerprint density at radius 3 is 2.12 bits per heavy atom. The molecule has 132 valence electrons. The van der Waals surface area contributed by atoms with Gasteiger partial charge in [0.25, 0.3) is 5.91 Å². The number of benzene rings is 2. The summed E-state index contributed by atoms with van der Waals surface area (Å²) in [6, 6.07) is 10.6. The van der Waals surface area contributed by atoms with E-state index >= 15 is 0 Å². The fourth-order valence-electron chi connectivity index (χ4n) is 2.67. The predicted octanol–water partition coefficient (Wildman–Crippen LogP) is 3.01. The summed E-state index contributed by atoms with van der Waals surface area (Å²) in [7, 11) is 0. The SMILES string of the molecule is Cc1ccc(C(NC(=O)O)(C(N)=O)c2ccccc2)cc1C(F)(F)F. The maximum Gasteiger partial charge on any atom is 0.416 e. The molecule has 1 unspecified atom stereocenters. The molecule has 2 aromatic carbocycles. The number of halogens is 3. The van der Waals surface area contributed by atoms with E-state index in [2.05, 4.69) is 0 Å². The van der Waals surface area contributed by atoms with E-state index in [9.17, 15) is 22.8 Å². The van der Waals surface area contributed by atoms with E-state index in [-0.39, 0.29) is 16.7 Å². The Morgan fingerprint density at radius 1 is 1.04 bits per heavy atom. The number of carboxylic acid groups (broad SMARTS) is 1. The van der Waals surface area contributed by atoms with Crippen molar-refractivity contribution in [2.24, 2.45) is 5.73 Å². The van der Waals surface area contributed by atoms with Crippen LogP contribution in [0.1, 0.15) is 22.3 Å². The lowest BCUT2D eigenvalue weighted by atomic mass is 9.81. The van der Waals surface area contributed by atoms with Gasteiger partial charge in [0.2, 0.25) is 0 Å². The monoisotopic (exact) mass is 352 g/mol. The molecule has 2 rings (SSSR count). The molecule has 25 heavy (non-hydrogen) atoms. The van der Waals surface area contributed by atoms with Crippen LogP contribution in [0.3, 0.4) is 0 Å². The molecular weight excluding hydrogens is 337 g/mol. The second kappa shape index (κ2) is 6.46. The van der Waals surface area contributed by atoms with E-state index in [0.717, 1.165) is 6.07 Å². The molecule has 0 aliphatic rings. The van der Waals surface area contributed by atoms with Gasteiger partial charge in [-0.25, -0.2) is 4.79 Å². The highest BCUT2D eigenvalue weighted by Gasteiger charge is 2.44. The third kappa shape index (κ3) is 3.42. The van der Waals surface area contributed by atoms with Gasteiger partial charge >= 0.3 is 12.3 Å². The van der Waals surface area contributed by atoms with E-state index in [1.165, 1.54) is 43.3 Å². The van der Waals surface area contributed by atoms with Crippen LogP contribution in [0.5, 0.6) is 0 Å². The van der Waals surface area contributed by atoms with E-state index in [1.54, 1.807) is 6.07 Å². The summed E-state index contributed by atoms with van der Waals surface area (Å²) in [5.41, 5.74) is 2.15. The number of nitrogens with one attached hydrogen (secondary N) is 1. The van der Waals surface area contributed by atoms with Crippen LogP contribution in [0.4, 0.5) is 18.0 Å². The van der Waals surface area contributed by atoms with Gasteiger partial charge in [-0.2, -0.15) is 13.2 Å². The van der Waals surface area contributed by atoms with Gasteiger partial charge in [-0.3, -0.25) is 10.1 Å². The van der Waals surface area contributed by atoms with Crippen LogP contribution in [0.15, 0.2) is 48.5 Å². The first-order valence-electron chi connectivity index (χ1n) is 7.14. The van der Waals surface area contributed by atoms with Gasteiger partial charge in [-0.15, -0.1) is 0 Å². The maximum atomic E-state index is 13.2. The zero-order valence-corrected chi connectivity index (χ0v) is 13.1. The number of amides is 2. The molecule has 0 aliphatic heterocycles. The number of hydrogen-bond acceptors (Lipinski definition) is 2. The Kier molecular flexibility index (Phi) is 4.73. The third-order valence-corrected chi connectivity index (χ3v) is 3.85. The zero-order chi connectivity index (χ0) is 18.8. The molecule has 5 nitrogen and oxygen atoms in total. The van der Waals surface area contributed by atoms with E-state index in [0.29, 0.717) is 0 Å². The minimum Gasteiger partial charge on any atom is -0.465 e. The first-order valence-corrected chi connectivity index (χ1v) is 7.14. The topological polar surface area (TPSA) is 92.4 Å². The Labute approximate surface area is 141 Å². The van der Waals surface area contributed by atoms with Crippen molar-refractivity contribution in [2.45, 2.75) is 18.6 Å². The highest BCUT2D eigenvalue weighted by atomic mass is 19.4. The lowest BCUT2D eigenvalue weighted by molar-refractivity contribution is -0.138. The van der Waals surface area contributed by atoms with Crippen molar-refractivity contribution in [2.75, 3.05) is 0 Å². The lowest BCUT2D eigenvalue weighted by Gasteiger charge is -2.32. The minimum absolute atomic E-state index is 0.0574. The quantitative estimate of drug-likeness (QED) is 0.790. The summed E-state index contributed by atoms with van der Waals surface area (Å²) >= 11 is 0. The molecule has 1 atom stereocenters. The molecule has 2 amide bonds. The van der Waals surface area contributed by atoms with Gasteiger partial charge in [0, 0.05) is 0 Å². The summed E-state index contributed by atoms with van der Waals surface area (Å²) in [6.45, 7) is 1.27. The van der Waals surface area contributed by atoms with E-state index in [1.807, 2.05) is 5.32 Å². The first kappa shape index (κ1) is 18.3. The summed E-state index contributed by atoms with van der Waals surface area (Å²) < 4.78 is 39.7. The van der Waals surface area contributed by atoms with Gasteiger partial charge in [-0.1, -0.05) is 42.5 Å². The van der Waals surface area contributed by atoms with Crippen molar-refractivity contribution in [3.05, 3.63) is 70.8 Å². The summed E-state index contributed by atoms with van der Waals surface area (Å²) in [6.07, 6.45) is -6.26. The summed E-state index contributed by atoms with van der Waals surface area (Å²) in [5.74, 6) is -1.14. The average Bonchev–Trinajstić information content (AvgIpc) is 2.52. The molecule has 0 aliphatic carbocycles. The Balaban J connectivity index is 2.81. The van der Waals surface area contributed by atoms with Crippen molar-refractivity contribution in [3.63, 3.8) is 0 Å². The Bertz CT molecular complexity index is 807. The van der Waals surface area contributed by atoms with E-state index in [4.69, 9.17) is 10.8 Å². The molecule has 2 aromatic rings.